The van der Waals surface area contributed by atoms with Gasteiger partial charge >= 0.3 is 6.09 Å². The lowest BCUT2D eigenvalue weighted by atomic mass is 9.85. The molecule has 1 aromatic carbocycles. The van der Waals surface area contributed by atoms with Crippen LogP contribution in [-0.2, 0) is 20.7 Å². The first kappa shape index (κ1) is 26.8. The smallest absolute Gasteiger partial charge is 0.408 e. The number of aliphatic hydroxyl groups is 1. The van der Waals surface area contributed by atoms with E-state index in [4.69, 9.17) is 4.74 Å². The van der Waals surface area contributed by atoms with Crippen molar-refractivity contribution in [2.24, 2.45) is 11.8 Å². The third-order valence-electron chi connectivity index (χ3n) is 6.80. The largest absolute Gasteiger partial charge is 0.440 e. The number of benzene rings is 1. The van der Waals surface area contributed by atoms with Gasteiger partial charge in [-0.25, -0.2) is 13.6 Å². The molecule has 4 N–H and O–H groups in total. The zero-order chi connectivity index (χ0) is 25.2. The van der Waals surface area contributed by atoms with E-state index in [1.54, 1.807) is 24.3 Å². The monoisotopic (exact) mass is 495 g/mol. The minimum Gasteiger partial charge on any atom is -0.440 e. The summed E-state index contributed by atoms with van der Waals surface area (Å²) in [5, 5.41) is 17.6. The molecule has 1 aliphatic heterocycles. The number of rotatable bonds is 11. The highest BCUT2D eigenvalue weighted by Crippen LogP contribution is 2.31. The molecule has 1 saturated heterocycles. The molecule has 3 rings (SSSR count). The quantitative estimate of drug-likeness (QED) is 0.377. The zero-order valence-corrected chi connectivity index (χ0v) is 19.8. The van der Waals surface area contributed by atoms with Gasteiger partial charge in [-0.05, 0) is 31.2 Å². The standard InChI is InChI=1S/C25H35F2N3O5/c26-22(27)21(17-9-5-2-6-10-17)35-25(34)30-20(13-16-7-3-1-4-8-16)24(33)29-19(15-31)14-18-11-12-28-23(18)32/h1,3-4,7-8,17-22,31H,2,5-6,9-15H2,(H,28,32)(H,29,33)(H,30,34)/t18-,19-,20-,21?/m0/s1. The number of carbonyl (C=O) groups excluding carboxylic acids is 3. The Morgan fingerprint density at radius 3 is 2.40 bits per heavy atom. The number of ether oxygens (including phenoxy) is 1. The zero-order valence-electron chi connectivity index (χ0n) is 19.8. The molecule has 4 atom stereocenters. The van der Waals surface area contributed by atoms with E-state index in [0.29, 0.717) is 25.8 Å². The van der Waals surface area contributed by atoms with Gasteiger partial charge in [0.2, 0.25) is 11.8 Å². The van der Waals surface area contributed by atoms with Crippen molar-refractivity contribution in [1.82, 2.24) is 16.0 Å². The van der Waals surface area contributed by atoms with E-state index in [1.807, 2.05) is 6.07 Å². The van der Waals surface area contributed by atoms with E-state index in [1.165, 1.54) is 0 Å². The summed E-state index contributed by atoms with van der Waals surface area (Å²) in [6.45, 7) is 0.166. The van der Waals surface area contributed by atoms with Gasteiger partial charge in [-0.2, -0.15) is 0 Å². The van der Waals surface area contributed by atoms with Crippen LogP contribution in [0.4, 0.5) is 13.6 Å². The van der Waals surface area contributed by atoms with Crippen LogP contribution in [0.5, 0.6) is 0 Å². The lowest BCUT2D eigenvalue weighted by molar-refractivity contribution is -0.126. The highest BCUT2D eigenvalue weighted by molar-refractivity contribution is 5.86. The highest BCUT2D eigenvalue weighted by atomic mass is 19.3. The van der Waals surface area contributed by atoms with Crippen LogP contribution in [0.15, 0.2) is 30.3 Å². The minimum atomic E-state index is -2.82. The van der Waals surface area contributed by atoms with Crippen molar-refractivity contribution in [3.8, 4) is 0 Å². The molecular formula is C25H35F2N3O5. The van der Waals surface area contributed by atoms with Crippen LogP contribution in [0.3, 0.4) is 0 Å². The maximum absolute atomic E-state index is 13.7. The lowest BCUT2D eigenvalue weighted by Crippen LogP contribution is -2.53. The van der Waals surface area contributed by atoms with Gasteiger partial charge in [0.05, 0.1) is 12.6 Å². The molecule has 8 nitrogen and oxygen atoms in total. The molecule has 3 amide bonds. The number of amides is 3. The van der Waals surface area contributed by atoms with Gasteiger partial charge in [-0.3, -0.25) is 9.59 Å². The van der Waals surface area contributed by atoms with Crippen LogP contribution in [0.2, 0.25) is 0 Å². The Kier molecular flexibility index (Phi) is 10.3. The molecule has 1 aliphatic carbocycles. The summed E-state index contributed by atoms with van der Waals surface area (Å²) < 4.78 is 32.5. The third-order valence-corrected chi connectivity index (χ3v) is 6.80. The van der Waals surface area contributed by atoms with Gasteiger partial charge in [0.1, 0.15) is 6.04 Å². The van der Waals surface area contributed by atoms with Crippen molar-refractivity contribution in [3.63, 3.8) is 0 Å². The number of hydrogen-bond acceptors (Lipinski definition) is 5. The van der Waals surface area contributed by atoms with Crippen LogP contribution in [0.25, 0.3) is 0 Å². The summed E-state index contributed by atoms with van der Waals surface area (Å²) in [7, 11) is 0. The second-order valence-electron chi connectivity index (χ2n) is 9.39. The molecule has 194 valence electrons. The van der Waals surface area contributed by atoms with Crippen molar-refractivity contribution in [2.75, 3.05) is 13.2 Å². The number of alkyl halides is 2. The molecule has 0 bridgehead atoms. The van der Waals surface area contributed by atoms with Crippen LogP contribution in [0.1, 0.15) is 50.5 Å². The Bertz CT molecular complexity index is 836. The Balaban J connectivity index is 1.66. The summed E-state index contributed by atoms with van der Waals surface area (Å²) >= 11 is 0. The fourth-order valence-electron chi connectivity index (χ4n) is 4.87. The third kappa shape index (κ3) is 8.16. The van der Waals surface area contributed by atoms with E-state index < -0.39 is 42.5 Å². The molecule has 0 aromatic heterocycles. The Morgan fingerprint density at radius 2 is 1.80 bits per heavy atom. The highest BCUT2D eigenvalue weighted by Gasteiger charge is 2.35. The van der Waals surface area contributed by atoms with Gasteiger partial charge in [0, 0.05) is 24.8 Å². The first-order chi connectivity index (χ1) is 16.9. The summed E-state index contributed by atoms with van der Waals surface area (Å²) in [5.74, 6) is -1.44. The summed E-state index contributed by atoms with van der Waals surface area (Å²) in [5.41, 5.74) is 0.751. The Hall–Kier alpha value is -2.75. The maximum Gasteiger partial charge on any atom is 0.408 e. The number of alkyl carbamates (subject to hydrolysis) is 1. The molecule has 1 heterocycles. The van der Waals surface area contributed by atoms with E-state index in [-0.39, 0.29) is 31.3 Å². The number of nitrogens with one attached hydrogen (secondary N) is 3. The van der Waals surface area contributed by atoms with Crippen LogP contribution in [-0.4, -0.2) is 60.8 Å². The van der Waals surface area contributed by atoms with Gasteiger partial charge in [-0.1, -0.05) is 49.6 Å². The minimum absolute atomic E-state index is 0.104. The summed E-state index contributed by atoms with van der Waals surface area (Å²) in [6.07, 6.45) is -0.689. The second-order valence-corrected chi connectivity index (χ2v) is 9.39. The van der Waals surface area contributed by atoms with Crippen molar-refractivity contribution < 1.29 is 33.0 Å². The van der Waals surface area contributed by atoms with Crippen LogP contribution >= 0.6 is 0 Å². The van der Waals surface area contributed by atoms with Crippen molar-refractivity contribution in [2.45, 2.75) is 76.0 Å². The molecule has 0 radical (unpaired) electrons. The first-order valence-corrected chi connectivity index (χ1v) is 12.4. The van der Waals surface area contributed by atoms with E-state index in [0.717, 1.165) is 24.8 Å². The maximum atomic E-state index is 13.7. The number of halogens is 2. The molecular weight excluding hydrogens is 460 g/mol. The summed E-state index contributed by atoms with van der Waals surface area (Å²) in [6, 6.07) is 7.14. The molecule has 1 saturated carbocycles. The van der Waals surface area contributed by atoms with E-state index >= 15 is 0 Å². The van der Waals surface area contributed by atoms with Crippen molar-refractivity contribution in [1.29, 1.82) is 0 Å². The van der Waals surface area contributed by atoms with Gasteiger partial charge in [-0.15, -0.1) is 0 Å². The topological polar surface area (TPSA) is 117 Å². The predicted molar refractivity (Wildman–Crippen MR) is 125 cm³/mol. The van der Waals surface area contributed by atoms with Gasteiger partial charge < -0.3 is 25.8 Å². The number of carbonyl (C=O) groups is 3. The van der Waals surface area contributed by atoms with Crippen molar-refractivity contribution >= 4 is 17.9 Å². The SMILES string of the molecule is O=C(N[C@@H](Cc1ccccc1)C(=O)N[C@H](CO)C[C@@H]1CCNC1=O)OC(C(F)F)C1CCCCC1. The van der Waals surface area contributed by atoms with Crippen molar-refractivity contribution in [3.05, 3.63) is 35.9 Å². The molecule has 0 spiro atoms. The van der Waals surface area contributed by atoms with Crippen LogP contribution < -0.4 is 16.0 Å². The first-order valence-electron chi connectivity index (χ1n) is 12.4. The van der Waals surface area contributed by atoms with E-state index in [2.05, 4.69) is 16.0 Å². The number of hydrogen-bond donors (Lipinski definition) is 4. The predicted octanol–water partition coefficient (Wildman–Crippen LogP) is 2.54. The lowest BCUT2D eigenvalue weighted by Gasteiger charge is -2.30. The molecule has 35 heavy (non-hydrogen) atoms. The Labute approximate surface area is 204 Å². The normalized spacial score (nSPS) is 21.1. The van der Waals surface area contributed by atoms with Gasteiger partial charge in [0.15, 0.2) is 6.10 Å². The van der Waals surface area contributed by atoms with Gasteiger partial charge in [0.25, 0.3) is 6.43 Å². The number of aliphatic hydroxyl groups excluding tert-OH is 1. The van der Waals surface area contributed by atoms with E-state index in [9.17, 15) is 28.3 Å². The van der Waals surface area contributed by atoms with Crippen LogP contribution in [0, 0.1) is 11.8 Å². The summed E-state index contributed by atoms with van der Waals surface area (Å²) in [4.78, 5) is 37.6. The average Bonchev–Trinajstić information content (AvgIpc) is 3.26. The molecule has 1 aromatic rings. The average molecular weight is 496 g/mol. The molecule has 1 unspecified atom stereocenters. The second kappa shape index (κ2) is 13.4. The fraction of sp³-hybridized carbons (Fsp3) is 0.640. The Morgan fingerprint density at radius 1 is 1.09 bits per heavy atom. The molecule has 2 aliphatic rings. The fourth-order valence-corrected chi connectivity index (χ4v) is 4.87. The molecule has 2 fully saturated rings. The molecule has 10 heteroatoms.